The molecule has 168 valence electrons. The third kappa shape index (κ3) is 5.35. The second-order valence-corrected chi connectivity index (χ2v) is 8.75. The van der Waals surface area contributed by atoms with Crippen molar-refractivity contribution in [1.82, 2.24) is 15.0 Å². The lowest BCUT2D eigenvalue weighted by atomic mass is 9.96. The number of carbonyl (C=O) groups excluding carboxylic acids is 1. The number of methoxy groups -OCH3 is 1. The topological polar surface area (TPSA) is 80.5 Å². The van der Waals surface area contributed by atoms with Crippen LogP contribution in [-0.2, 0) is 11.3 Å². The molecule has 32 heavy (non-hydrogen) atoms. The molecule has 0 bridgehead atoms. The molecule has 0 radical (unpaired) electrons. The fourth-order valence-corrected chi connectivity index (χ4v) is 4.17. The second-order valence-electron chi connectivity index (χ2n) is 7.53. The van der Waals surface area contributed by atoms with E-state index in [4.69, 9.17) is 44.1 Å². The monoisotopic (exact) mass is 494 g/mol. The summed E-state index contributed by atoms with van der Waals surface area (Å²) in [5.74, 6) is 1.65. The van der Waals surface area contributed by atoms with E-state index in [9.17, 15) is 4.79 Å². The number of halogens is 3. The number of nitrogens with one attached hydrogen (secondary N) is 1. The molecule has 0 atom stereocenters. The van der Waals surface area contributed by atoms with Gasteiger partial charge in [0.05, 0.1) is 34.4 Å². The molecule has 4 rings (SSSR count). The fourth-order valence-electron chi connectivity index (χ4n) is 3.57. The van der Waals surface area contributed by atoms with E-state index in [1.54, 1.807) is 13.2 Å². The Morgan fingerprint density at radius 1 is 1.12 bits per heavy atom. The van der Waals surface area contributed by atoms with Crippen LogP contribution in [0, 0.1) is 5.92 Å². The minimum atomic E-state index is -0.116. The Hall–Kier alpha value is -2.32. The lowest BCUT2D eigenvalue weighted by molar-refractivity contribution is -0.121. The average molecular weight is 496 g/mol. The largest absolute Gasteiger partial charge is 0.497 e. The Morgan fingerprint density at radius 2 is 1.81 bits per heavy atom. The van der Waals surface area contributed by atoms with Gasteiger partial charge in [-0.25, -0.2) is 0 Å². The zero-order valence-electron chi connectivity index (χ0n) is 17.3. The van der Waals surface area contributed by atoms with Gasteiger partial charge in [0.15, 0.2) is 0 Å². The Morgan fingerprint density at radius 3 is 2.50 bits per heavy atom. The van der Waals surface area contributed by atoms with Crippen LogP contribution in [0.4, 0.5) is 5.69 Å². The summed E-state index contributed by atoms with van der Waals surface area (Å²) in [5.41, 5.74) is 1.32. The summed E-state index contributed by atoms with van der Waals surface area (Å²) in [5, 5.41) is 7.97. The SMILES string of the molecule is COc1ccc(-c2noc(CN3CCC(C(=O)Nc4cc(Cl)c(Cl)cc4Cl)CC3)n2)cc1. The van der Waals surface area contributed by atoms with E-state index in [0.29, 0.717) is 51.9 Å². The van der Waals surface area contributed by atoms with Gasteiger partial charge in [0.25, 0.3) is 0 Å². The zero-order chi connectivity index (χ0) is 22.7. The van der Waals surface area contributed by atoms with Crippen molar-refractivity contribution in [2.75, 3.05) is 25.5 Å². The number of hydrogen-bond donors (Lipinski definition) is 1. The van der Waals surface area contributed by atoms with Gasteiger partial charge < -0.3 is 14.6 Å². The molecule has 0 unspecified atom stereocenters. The summed E-state index contributed by atoms with van der Waals surface area (Å²) in [6.07, 6.45) is 1.43. The third-order valence-corrected chi connectivity index (χ3v) is 6.44. The van der Waals surface area contributed by atoms with Crippen molar-refractivity contribution in [3.63, 3.8) is 0 Å². The second kappa shape index (κ2) is 10.1. The van der Waals surface area contributed by atoms with E-state index in [1.165, 1.54) is 6.07 Å². The number of anilines is 1. The molecule has 0 spiro atoms. The van der Waals surface area contributed by atoms with Gasteiger partial charge in [-0.3, -0.25) is 9.69 Å². The number of hydrogen-bond acceptors (Lipinski definition) is 6. The maximum absolute atomic E-state index is 12.7. The standard InChI is InChI=1S/C22H21Cl3N4O3/c1-31-15-4-2-13(3-5-15)21-27-20(32-28-21)12-29-8-6-14(7-9-29)22(30)26-19-11-17(24)16(23)10-18(19)25/h2-5,10-11,14H,6-9,12H2,1H3,(H,26,30). The molecular formula is C22H21Cl3N4O3. The molecule has 1 aromatic heterocycles. The van der Waals surface area contributed by atoms with Crippen LogP contribution >= 0.6 is 34.8 Å². The van der Waals surface area contributed by atoms with Crippen LogP contribution in [0.25, 0.3) is 11.4 Å². The van der Waals surface area contributed by atoms with E-state index in [2.05, 4.69) is 20.4 Å². The van der Waals surface area contributed by atoms with Gasteiger partial charge in [0, 0.05) is 11.5 Å². The summed E-state index contributed by atoms with van der Waals surface area (Å²) in [4.78, 5) is 19.4. The molecule has 1 amide bonds. The first-order valence-corrected chi connectivity index (χ1v) is 11.2. The van der Waals surface area contributed by atoms with E-state index in [0.717, 1.165) is 24.4 Å². The third-order valence-electron chi connectivity index (χ3n) is 5.40. The molecular weight excluding hydrogens is 475 g/mol. The summed E-state index contributed by atoms with van der Waals surface area (Å²) in [7, 11) is 1.62. The molecule has 3 aromatic rings. The number of aromatic nitrogens is 2. The highest BCUT2D eigenvalue weighted by molar-refractivity contribution is 6.44. The van der Waals surface area contributed by atoms with Gasteiger partial charge in [0.1, 0.15) is 5.75 Å². The quantitative estimate of drug-likeness (QED) is 0.451. The van der Waals surface area contributed by atoms with Crippen LogP contribution < -0.4 is 10.1 Å². The van der Waals surface area contributed by atoms with E-state index >= 15 is 0 Å². The molecule has 1 aliphatic rings. The molecule has 1 aliphatic heterocycles. The van der Waals surface area contributed by atoms with Crippen molar-refractivity contribution in [1.29, 1.82) is 0 Å². The van der Waals surface area contributed by atoms with Crippen LogP contribution in [0.2, 0.25) is 15.1 Å². The number of nitrogens with zero attached hydrogens (tertiary/aromatic N) is 3. The molecule has 0 saturated carbocycles. The molecule has 10 heteroatoms. The minimum Gasteiger partial charge on any atom is -0.497 e. The van der Waals surface area contributed by atoms with Crippen LogP contribution in [0.3, 0.4) is 0 Å². The lowest BCUT2D eigenvalue weighted by Crippen LogP contribution is -2.37. The maximum atomic E-state index is 12.7. The van der Waals surface area contributed by atoms with E-state index in [1.807, 2.05) is 24.3 Å². The number of piperidine rings is 1. The highest BCUT2D eigenvalue weighted by atomic mass is 35.5. The van der Waals surface area contributed by atoms with Gasteiger partial charge in [-0.2, -0.15) is 4.98 Å². The maximum Gasteiger partial charge on any atom is 0.241 e. The first-order valence-electron chi connectivity index (χ1n) is 10.1. The highest BCUT2D eigenvalue weighted by Crippen LogP contribution is 2.33. The van der Waals surface area contributed by atoms with Crippen molar-refractivity contribution in [3.05, 3.63) is 57.4 Å². The molecule has 1 saturated heterocycles. The van der Waals surface area contributed by atoms with Crippen LogP contribution in [-0.4, -0.2) is 41.1 Å². The first kappa shape index (κ1) is 22.9. The van der Waals surface area contributed by atoms with Gasteiger partial charge >= 0.3 is 0 Å². The molecule has 1 fully saturated rings. The van der Waals surface area contributed by atoms with Gasteiger partial charge in [-0.05, 0) is 62.3 Å². The smallest absolute Gasteiger partial charge is 0.241 e. The first-order chi connectivity index (χ1) is 15.4. The van der Waals surface area contributed by atoms with E-state index in [-0.39, 0.29) is 11.8 Å². The van der Waals surface area contributed by atoms with Crippen molar-refractivity contribution in [3.8, 4) is 17.1 Å². The molecule has 7 nitrogen and oxygen atoms in total. The molecule has 2 heterocycles. The highest BCUT2D eigenvalue weighted by Gasteiger charge is 2.26. The summed E-state index contributed by atoms with van der Waals surface area (Å²) in [6.45, 7) is 2.02. The number of ether oxygens (including phenoxy) is 1. The van der Waals surface area contributed by atoms with Crippen molar-refractivity contribution in [2.24, 2.45) is 5.92 Å². The Kier molecular flexibility index (Phi) is 7.20. The van der Waals surface area contributed by atoms with E-state index < -0.39 is 0 Å². The predicted molar refractivity (Wildman–Crippen MR) is 124 cm³/mol. The normalized spacial score (nSPS) is 15.0. The number of rotatable bonds is 6. The average Bonchev–Trinajstić information content (AvgIpc) is 3.26. The lowest BCUT2D eigenvalue weighted by Gasteiger charge is -2.30. The summed E-state index contributed by atoms with van der Waals surface area (Å²) >= 11 is 18.1. The molecule has 0 aliphatic carbocycles. The Bertz CT molecular complexity index is 1100. The van der Waals surface area contributed by atoms with Gasteiger partial charge in [-0.15, -0.1) is 0 Å². The zero-order valence-corrected chi connectivity index (χ0v) is 19.5. The van der Waals surface area contributed by atoms with Crippen molar-refractivity contribution >= 4 is 46.4 Å². The van der Waals surface area contributed by atoms with Crippen LogP contribution in [0.15, 0.2) is 40.9 Å². The summed E-state index contributed by atoms with van der Waals surface area (Å²) in [6, 6.07) is 10.6. The van der Waals surface area contributed by atoms with Gasteiger partial charge in [0.2, 0.25) is 17.6 Å². The number of carbonyl (C=O) groups is 1. The minimum absolute atomic E-state index is 0.0791. The number of likely N-dealkylation sites (tertiary alicyclic amines) is 1. The van der Waals surface area contributed by atoms with Crippen LogP contribution in [0.5, 0.6) is 5.75 Å². The van der Waals surface area contributed by atoms with Crippen LogP contribution in [0.1, 0.15) is 18.7 Å². The van der Waals surface area contributed by atoms with Gasteiger partial charge in [-0.1, -0.05) is 40.0 Å². The predicted octanol–water partition coefficient (Wildman–Crippen LogP) is 5.56. The number of benzene rings is 2. The summed E-state index contributed by atoms with van der Waals surface area (Å²) < 4.78 is 10.6. The molecule has 1 N–H and O–H groups in total. The Labute approximate surface area is 200 Å². The van der Waals surface area contributed by atoms with Crippen molar-refractivity contribution < 1.29 is 14.1 Å². The fraction of sp³-hybridized carbons (Fsp3) is 0.318. The Balaban J connectivity index is 1.30. The number of amides is 1. The van der Waals surface area contributed by atoms with Crippen molar-refractivity contribution in [2.45, 2.75) is 19.4 Å². The molecule has 2 aromatic carbocycles.